The topological polar surface area (TPSA) is 67.8 Å². The van der Waals surface area contributed by atoms with Gasteiger partial charge >= 0.3 is 0 Å². The van der Waals surface area contributed by atoms with Crippen molar-refractivity contribution < 1.29 is 19.4 Å². The van der Waals surface area contributed by atoms with Crippen LogP contribution in [0.3, 0.4) is 0 Å². The summed E-state index contributed by atoms with van der Waals surface area (Å²) in [5.74, 6) is 0.500. The number of amides is 1. The van der Waals surface area contributed by atoms with Crippen LogP contribution in [0.4, 0.5) is 0 Å². The van der Waals surface area contributed by atoms with E-state index in [2.05, 4.69) is 19.2 Å². The van der Waals surface area contributed by atoms with Crippen LogP contribution in [-0.2, 0) is 9.47 Å². The van der Waals surface area contributed by atoms with Crippen LogP contribution in [0.5, 0.6) is 0 Å². The van der Waals surface area contributed by atoms with Gasteiger partial charge in [0.25, 0.3) is 5.91 Å². The second-order valence-electron chi connectivity index (χ2n) is 7.22. The van der Waals surface area contributed by atoms with E-state index in [0.717, 1.165) is 23.1 Å². The fourth-order valence-electron chi connectivity index (χ4n) is 3.84. The van der Waals surface area contributed by atoms with E-state index in [1.807, 2.05) is 18.2 Å². The zero-order chi connectivity index (χ0) is 18.7. The van der Waals surface area contributed by atoms with E-state index in [1.165, 1.54) is 0 Å². The van der Waals surface area contributed by atoms with Crippen LogP contribution in [0, 0.1) is 5.41 Å². The van der Waals surface area contributed by atoms with Gasteiger partial charge in [0.05, 0.1) is 19.4 Å². The molecule has 3 rings (SSSR count). The molecule has 1 amide bonds. The first-order chi connectivity index (χ1) is 12.5. The monoisotopic (exact) mass is 355 g/mol. The predicted molar refractivity (Wildman–Crippen MR) is 99.1 cm³/mol. The highest BCUT2D eigenvalue weighted by molar-refractivity contribution is 5.94. The zero-order valence-corrected chi connectivity index (χ0v) is 15.4. The number of aliphatic hydroxyl groups excluding tert-OH is 1. The molecule has 1 unspecified atom stereocenters. The number of methoxy groups -OCH3 is 1. The normalized spacial score (nSPS) is 19.1. The Morgan fingerprint density at radius 1 is 1.31 bits per heavy atom. The van der Waals surface area contributed by atoms with E-state index >= 15 is 0 Å². The lowest BCUT2D eigenvalue weighted by atomic mass is 9.80. The molecular weight excluding hydrogens is 330 g/mol. The van der Waals surface area contributed by atoms with Crippen LogP contribution in [0.25, 0.3) is 0 Å². The number of rotatable bonds is 6. The Balaban J connectivity index is 2.00. The third-order valence-electron chi connectivity index (χ3n) is 4.91. The standard InChI is InChI=1S/C21H25NO4/c1-21(2)11-15-12-26-13-17(25-3)18(15)19(21)16(9-10-23)22-20(24)14-7-5-4-6-8-14/h4-8,12-13,16,23H,9-11H2,1-3H3,(H,22,24). The lowest BCUT2D eigenvalue weighted by Gasteiger charge is -2.30. The quantitative estimate of drug-likeness (QED) is 0.822. The third kappa shape index (κ3) is 3.40. The van der Waals surface area contributed by atoms with E-state index in [-0.39, 0.29) is 24.0 Å². The van der Waals surface area contributed by atoms with Crippen LogP contribution in [0.1, 0.15) is 37.0 Å². The van der Waals surface area contributed by atoms with Crippen LogP contribution in [-0.4, -0.2) is 30.8 Å². The molecule has 1 atom stereocenters. The number of aliphatic hydroxyl groups is 1. The van der Waals surface area contributed by atoms with Crippen molar-refractivity contribution in [2.75, 3.05) is 13.7 Å². The lowest BCUT2D eigenvalue weighted by molar-refractivity contribution is 0.0933. The molecule has 0 fully saturated rings. The fourth-order valence-corrected chi connectivity index (χ4v) is 3.84. The first-order valence-corrected chi connectivity index (χ1v) is 8.78. The maximum Gasteiger partial charge on any atom is 0.251 e. The molecule has 5 heteroatoms. The van der Waals surface area contributed by atoms with Crippen LogP contribution < -0.4 is 5.32 Å². The minimum absolute atomic E-state index is 0.0197. The fraction of sp³-hybridized carbons (Fsp3) is 0.381. The number of nitrogens with one attached hydrogen (secondary N) is 1. The minimum atomic E-state index is -0.291. The van der Waals surface area contributed by atoms with E-state index in [0.29, 0.717) is 17.7 Å². The van der Waals surface area contributed by atoms with Gasteiger partial charge < -0.3 is 19.9 Å². The van der Waals surface area contributed by atoms with Gasteiger partial charge in [0.1, 0.15) is 6.26 Å². The summed E-state index contributed by atoms with van der Waals surface area (Å²) in [5.41, 5.74) is 3.52. The second-order valence-corrected chi connectivity index (χ2v) is 7.22. The second kappa shape index (κ2) is 7.38. The molecule has 1 aromatic carbocycles. The van der Waals surface area contributed by atoms with E-state index in [4.69, 9.17) is 9.47 Å². The number of allylic oxidation sites excluding steroid dienone is 1. The van der Waals surface area contributed by atoms with Gasteiger partial charge in [-0.05, 0) is 41.5 Å². The molecule has 2 N–H and O–H groups in total. The van der Waals surface area contributed by atoms with Crippen molar-refractivity contribution in [3.05, 3.63) is 70.9 Å². The molecule has 0 radical (unpaired) electrons. The van der Waals surface area contributed by atoms with Crippen molar-refractivity contribution in [3.8, 4) is 0 Å². The molecular formula is C21H25NO4. The number of hydrogen-bond donors (Lipinski definition) is 2. The maximum absolute atomic E-state index is 12.7. The van der Waals surface area contributed by atoms with Gasteiger partial charge in [0, 0.05) is 17.7 Å². The van der Waals surface area contributed by atoms with Crippen molar-refractivity contribution in [1.82, 2.24) is 5.32 Å². The molecule has 1 heterocycles. The SMILES string of the molecule is COC1=COC=C2CC(C)(C)C(C(CCO)NC(=O)c3ccccc3)=C21. The van der Waals surface area contributed by atoms with Gasteiger partial charge in [0.2, 0.25) is 0 Å². The number of carbonyl (C=O) groups is 1. The third-order valence-corrected chi connectivity index (χ3v) is 4.91. The van der Waals surface area contributed by atoms with E-state index < -0.39 is 0 Å². The summed E-state index contributed by atoms with van der Waals surface area (Å²) >= 11 is 0. The summed E-state index contributed by atoms with van der Waals surface area (Å²) in [6.45, 7) is 4.26. The summed E-state index contributed by atoms with van der Waals surface area (Å²) in [6, 6.07) is 8.82. The van der Waals surface area contributed by atoms with Gasteiger partial charge in [-0.3, -0.25) is 4.79 Å². The number of fused-ring (bicyclic) bond motifs is 1. The summed E-state index contributed by atoms with van der Waals surface area (Å²) < 4.78 is 10.9. The van der Waals surface area contributed by atoms with Crippen molar-refractivity contribution in [1.29, 1.82) is 0 Å². The number of hydrogen-bond acceptors (Lipinski definition) is 4. The van der Waals surface area contributed by atoms with Crippen molar-refractivity contribution in [2.24, 2.45) is 5.41 Å². The molecule has 1 aliphatic carbocycles. The highest BCUT2D eigenvalue weighted by atomic mass is 16.5. The Bertz CT molecular complexity index is 774. The molecule has 0 spiro atoms. The van der Waals surface area contributed by atoms with Gasteiger partial charge in [-0.25, -0.2) is 0 Å². The summed E-state index contributed by atoms with van der Waals surface area (Å²) in [5, 5.41) is 12.7. The number of benzene rings is 1. The molecule has 1 aliphatic heterocycles. The lowest BCUT2D eigenvalue weighted by Crippen LogP contribution is -2.40. The molecule has 0 saturated carbocycles. The van der Waals surface area contributed by atoms with Crippen LogP contribution >= 0.6 is 0 Å². The van der Waals surface area contributed by atoms with Crippen LogP contribution in [0.15, 0.2) is 65.3 Å². The van der Waals surface area contributed by atoms with Gasteiger partial charge in [0.15, 0.2) is 5.76 Å². The Morgan fingerprint density at radius 2 is 2.04 bits per heavy atom. The molecule has 0 bridgehead atoms. The Kier molecular flexibility index (Phi) is 5.18. The van der Waals surface area contributed by atoms with Gasteiger partial charge in [-0.15, -0.1) is 0 Å². The molecule has 26 heavy (non-hydrogen) atoms. The molecule has 5 nitrogen and oxygen atoms in total. The number of ether oxygens (including phenoxy) is 2. The van der Waals surface area contributed by atoms with Crippen LogP contribution in [0.2, 0.25) is 0 Å². The summed E-state index contributed by atoms with van der Waals surface area (Å²) in [4.78, 5) is 12.7. The summed E-state index contributed by atoms with van der Waals surface area (Å²) in [7, 11) is 1.61. The molecule has 1 aromatic rings. The van der Waals surface area contributed by atoms with E-state index in [1.54, 1.807) is 31.8 Å². The van der Waals surface area contributed by atoms with Crippen molar-refractivity contribution >= 4 is 5.91 Å². The van der Waals surface area contributed by atoms with Gasteiger partial charge in [-0.2, -0.15) is 0 Å². The van der Waals surface area contributed by atoms with Crippen molar-refractivity contribution in [3.63, 3.8) is 0 Å². The first-order valence-electron chi connectivity index (χ1n) is 8.78. The highest BCUT2D eigenvalue weighted by Crippen LogP contribution is 2.51. The number of carbonyl (C=O) groups excluding carboxylic acids is 1. The zero-order valence-electron chi connectivity index (χ0n) is 15.4. The van der Waals surface area contributed by atoms with Crippen molar-refractivity contribution in [2.45, 2.75) is 32.7 Å². The minimum Gasteiger partial charge on any atom is -0.493 e. The largest absolute Gasteiger partial charge is 0.493 e. The smallest absolute Gasteiger partial charge is 0.251 e. The molecule has 0 aromatic heterocycles. The summed E-state index contributed by atoms with van der Waals surface area (Å²) in [6.07, 6.45) is 4.55. The maximum atomic E-state index is 12.7. The Labute approximate surface area is 154 Å². The highest BCUT2D eigenvalue weighted by Gasteiger charge is 2.42. The average Bonchev–Trinajstić information content (AvgIpc) is 2.91. The van der Waals surface area contributed by atoms with E-state index in [9.17, 15) is 9.90 Å². The Morgan fingerprint density at radius 3 is 2.69 bits per heavy atom. The molecule has 2 aliphatic rings. The molecule has 0 saturated heterocycles. The average molecular weight is 355 g/mol. The first kappa shape index (κ1) is 18.3. The predicted octanol–water partition coefficient (Wildman–Crippen LogP) is 3.30. The van der Waals surface area contributed by atoms with Gasteiger partial charge in [-0.1, -0.05) is 32.0 Å². The molecule has 138 valence electrons. The Hall–Kier alpha value is -2.53.